The van der Waals surface area contributed by atoms with Crippen LogP contribution in [0.5, 0.6) is 0 Å². The number of aromatic nitrogens is 1. The highest BCUT2D eigenvalue weighted by molar-refractivity contribution is 5.20. The van der Waals surface area contributed by atoms with Crippen molar-refractivity contribution in [2.75, 3.05) is 13.1 Å². The minimum Gasteiger partial charge on any atom is -0.361 e. The summed E-state index contributed by atoms with van der Waals surface area (Å²) in [5.41, 5.74) is 3.38. The summed E-state index contributed by atoms with van der Waals surface area (Å²) in [6, 6.07) is 0. The van der Waals surface area contributed by atoms with Gasteiger partial charge >= 0.3 is 0 Å². The van der Waals surface area contributed by atoms with Crippen molar-refractivity contribution in [3.63, 3.8) is 0 Å². The minimum atomic E-state index is 0.893. The van der Waals surface area contributed by atoms with Gasteiger partial charge in [0.2, 0.25) is 0 Å². The zero-order valence-corrected chi connectivity index (χ0v) is 10.1. The number of aryl methyl sites for hydroxylation is 2. The van der Waals surface area contributed by atoms with Crippen LogP contribution in [0, 0.1) is 13.8 Å². The van der Waals surface area contributed by atoms with Crippen LogP contribution in [-0.2, 0) is 6.54 Å². The van der Waals surface area contributed by atoms with Crippen LogP contribution >= 0.6 is 0 Å². The summed E-state index contributed by atoms with van der Waals surface area (Å²) in [5.74, 6) is 0.924. The molecule has 3 nitrogen and oxygen atoms in total. The average molecular weight is 208 g/mol. The topological polar surface area (TPSA) is 29.3 Å². The van der Waals surface area contributed by atoms with Gasteiger partial charge in [0.15, 0.2) is 0 Å². The highest BCUT2D eigenvalue weighted by atomic mass is 16.5. The Balaban J connectivity index is 2.70. The Morgan fingerprint density at radius 2 is 2.13 bits per heavy atom. The molecule has 0 atom stereocenters. The van der Waals surface area contributed by atoms with Crippen LogP contribution in [0.25, 0.3) is 0 Å². The third-order valence-corrected chi connectivity index (χ3v) is 2.50. The van der Waals surface area contributed by atoms with Crippen molar-refractivity contribution < 1.29 is 4.52 Å². The Kier molecular flexibility index (Phi) is 4.09. The first-order valence-corrected chi connectivity index (χ1v) is 5.33. The van der Waals surface area contributed by atoms with Gasteiger partial charge in [0.25, 0.3) is 0 Å². The molecule has 0 aliphatic rings. The smallest absolute Gasteiger partial charge is 0.138 e. The van der Waals surface area contributed by atoms with E-state index in [-0.39, 0.29) is 0 Å². The number of hydrogen-bond acceptors (Lipinski definition) is 3. The Morgan fingerprint density at radius 3 is 2.53 bits per heavy atom. The van der Waals surface area contributed by atoms with Gasteiger partial charge in [-0.15, -0.1) is 0 Å². The van der Waals surface area contributed by atoms with E-state index in [1.54, 1.807) is 0 Å². The standard InChI is InChI=1S/C12H20N2O/c1-6-14(7-9(2)3)8-12-10(4)13-15-11(12)5/h2,6-8H2,1,3-5H3. The molecule has 0 N–H and O–H groups in total. The molecule has 0 amide bonds. The Hall–Kier alpha value is -1.09. The highest BCUT2D eigenvalue weighted by Crippen LogP contribution is 2.15. The largest absolute Gasteiger partial charge is 0.361 e. The summed E-state index contributed by atoms with van der Waals surface area (Å²) in [7, 11) is 0. The van der Waals surface area contributed by atoms with E-state index in [0.717, 1.165) is 31.1 Å². The summed E-state index contributed by atoms with van der Waals surface area (Å²) >= 11 is 0. The maximum atomic E-state index is 5.15. The van der Waals surface area contributed by atoms with Gasteiger partial charge in [-0.25, -0.2) is 0 Å². The van der Waals surface area contributed by atoms with Crippen LogP contribution in [0.2, 0.25) is 0 Å². The van der Waals surface area contributed by atoms with Gasteiger partial charge in [-0.05, 0) is 27.3 Å². The lowest BCUT2D eigenvalue weighted by atomic mass is 10.2. The molecule has 0 fully saturated rings. The summed E-state index contributed by atoms with van der Waals surface area (Å²) in [5, 5.41) is 3.96. The SMILES string of the molecule is C=C(C)CN(CC)Cc1c(C)noc1C. The van der Waals surface area contributed by atoms with Gasteiger partial charge in [0, 0.05) is 18.7 Å². The molecule has 1 rings (SSSR count). The normalized spacial score (nSPS) is 11.0. The average Bonchev–Trinajstić information content (AvgIpc) is 2.47. The second-order valence-electron chi connectivity index (χ2n) is 4.06. The van der Waals surface area contributed by atoms with Gasteiger partial charge in [-0.2, -0.15) is 0 Å². The van der Waals surface area contributed by atoms with E-state index in [9.17, 15) is 0 Å². The Morgan fingerprint density at radius 1 is 1.47 bits per heavy atom. The van der Waals surface area contributed by atoms with Crippen molar-refractivity contribution in [1.82, 2.24) is 10.1 Å². The van der Waals surface area contributed by atoms with E-state index in [4.69, 9.17) is 4.52 Å². The number of nitrogens with zero attached hydrogens (tertiary/aromatic N) is 2. The number of likely N-dealkylation sites (N-methyl/N-ethyl adjacent to an activating group) is 1. The van der Waals surface area contributed by atoms with Crippen molar-refractivity contribution in [3.8, 4) is 0 Å². The first-order valence-electron chi connectivity index (χ1n) is 5.33. The van der Waals surface area contributed by atoms with E-state index in [2.05, 4.69) is 30.5 Å². The molecule has 0 aliphatic heterocycles. The number of rotatable bonds is 5. The van der Waals surface area contributed by atoms with Crippen LogP contribution < -0.4 is 0 Å². The molecule has 0 aromatic carbocycles. The first kappa shape index (κ1) is 12.0. The third-order valence-electron chi connectivity index (χ3n) is 2.50. The first-order chi connectivity index (χ1) is 7.04. The third kappa shape index (κ3) is 3.20. The van der Waals surface area contributed by atoms with Crippen LogP contribution in [0.15, 0.2) is 16.7 Å². The van der Waals surface area contributed by atoms with Crippen molar-refractivity contribution in [3.05, 3.63) is 29.2 Å². The van der Waals surface area contributed by atoms with Crippen LogP contribution in [0.1, 0.15) is 30.9 Å². The molecule has 0 radical (unpaired) electrons. The molecule has 0 aliphatic carbocycles. The predicted molar refractivity (Wildman–Crippen MR) is 61.7 cm³/mol. The second kappa shape index (κ2) is 5.12. The van der Waals surface area contributed by atoms with E-state index in [0.29, 0.717) is 0 Å². The van der Waals surface area contributed by atoms with Crippen LogP contribution in [0.3, 0.4) is 0 Å². The second-order valence-corrected chi connectivity index (χ2v) is 4.06. The van der Waals surface area contributed by atoms with Gasteiger partial charge in [0.05, 0.1) is 5.69 Å². The molecular formula is C12H20N2O. The van der Waals surface area contributed by atoms with Crippen molar-refractivity contribution in [2.45, 2.75) is 34.2 Å². The van der Waals surface area contributed by atoms with Gasteiger partial charge < -0.3 is 4.52 Å². The fourth-order valence-electron chi connectivity index (χ4n) is 1.61. The lowest BCUT2D eigenvalue weighted by Gasteiger charge is -2.20. The van der Waals surface area contributed by atoms with E-state index in [1.165, 1.54) is 11.1 Å². The van der Waals surface area contributed by atoms with Gasteiger partial charge in [-0.1, -0.05) is 24.2 Å². The highest BCUT2D eigenvalue weighted by Gasteiger charge is 2.12. The van der Waals surface area contributed by atoms with Crippen molar-refractivity contribution in [2.24, 2.45) is 0 Å². The molecule has 0 bridgehead atoms. The molecule has 84 valence electrons. The van der Waals surface area contributed by atoms with Crippen molar-refractivity contribution in [1.29, 1.82) is 0 Å². The summed E-state index contributed by atoms with van der Waals surface area (Å²) < 4.78 is 5.15. The minimum absolute atomic E-state index is 0.893. The van der Waals surface area contributed by atoms with Gasteiger partial charge in [0.1, 0.15) is 5.76 Å². The van der Waals surface area contributed by atoms with Crippen LogP contribution in [0.4, 0.5) is 0 Å². The summed E-state index contributed by atoms with van der Waals surface area (Å²) in [4.78, 5) is 2.33. The molecular weight excluding hydrogens is 188 g/mol. The quantitative estimate of drug-likeness (QED) is 0.697. The molecule has 1 aromatic rings. The zero-order chi connectivity index (χ0) is 11.4. The molecule has 15 heavy (non-hydrogen) atoms. The Labute approximate surface area is 91.8 Å². The van der Waals surface area contributed by atoms with E-state index < -0.39 is 0 Å². The maximum absolute atomic E-state index is 5.15. The molecule has 1 aromatic heterocycles. The van der Waals surface area contributed by atoms with Gasteiger partial charge in [-0.3, -0.25) is 4.90 Å². The lowest BCUT2D eigenvalue weighted by molar-refractivity contribution is 0.301. The monoisotopic (exact) mass is 208 g/mol. The molecule has 1 heterocycles. The maximum Gasteiger partial charge on any atom is 0.138 e. The lowest BCUT2D eigenvalue weighted by Crippen LogP contribution is -2.24. The van der Waals surface area contributed by atoms with Crippen molar-refractivity contribution >= 4 is 0 Å². The molecule has 0 saturated carbocycles. The summed E-state index contributed by atoms with van der Waals surface area (Å²) in [6.45, 7) is 14.9. The van der Waals surface area contributed by atoms with E-state index in [1.807, 2.05) is 13.8 Å². The fraction of sp³-hybridized carbons (Fsp3) is 0.583. The summed E-state index contributed by atoms with van der Waals surface area (Å²) in [6.07, 6.45) is 0. The predicted octanol–water partition coefficient (Wildman–Crippen LogP) is 2.69. The van der Waals surface area contributed by atoms with E-state index >= 15 is 0 Å². The Bertz CT molecular complexity index is 322. The fourth-order valence-corrected chi connectivity index (χ4v) is 1.61. The molecule has 0 unspecified atom stereocenters. The molecule has 0 saturated heterocycles. The van der Waals surface area contributed by atoms with Crippen LogP contribution in [-0.4, -0.2) is 23.1 Å². The molecule has 3 heteroatoms. The number of hydrogen-bond donors (Lipinski definition) is 0. The zero-order valence-electron chi connectivity index (χ0n) is 10.1. The molecule has 0 spiro atoms.